The summed E-state index contributed by atoms with van der Waals surface area (Å²) in [4.78, 5) is 2.10. The van der Waals surface area contributed by atoms with Crippen molar-refractivity contribution in [2.45, 2.75) is 11.0 Å². The second-order valence-corrected chi connectivity index (χ2v) is 7.52. The van der Waals surface area contributed by atoms with Gasteiger partial charge in [0.1, 0.15) is 18.5 Å². The number of benzene rings is 2. The van der Waals surface area contributed by atoms with Gasteiger partial charge in [-0.1, -0.05) is 36.4 Å². The van der Waals surface area contributed by atoms with E-state index < -0.39 is 16.1 Å². The highest BCUT2D eigenvalue weighted by atomic mass is 32.2. The van der Waals surface area contributed by atoms with Gasteiger partial charge in [0.15, 0.2) is 0 Å². The average Bonchev–Trinajstić information content (AvgIpc) is 2.61. The molecule has 0 saturated heterocycles. The van der Waals surface area contributed by atoms with E-state index in [0.29, 0.717) is 18.8 Å². The number of likely N-dealkylation sites (N-methyl/N-ethyl adjacent to an activating group) is 1. The van der Waals surface area contributed by atoms with Crippen molar-refractivity contribution in [3.05, 3.63) is 60.7 Å². The molecule has 0 aromatic heterocycles. The van der Waals surface area contributed by atoms with Gasteiger partial charge in [0, 0.05) is 19.6 Å². The van der Waals surface area contributed by atoms with Crippen LogP contribution in [0, 0.1) is 0 Å². The predicted molar refractivity (Wildman–Crippen MR) is 97.1 cm³/mol. The van der Waals surface area contributed by atoms with Crippen LogP contribution in [-0.4, -0.2) is 57.8 Å². The number of sulfonamides is 1. The quantitative estimate of drug-likeness (QED) is 0.665. The van der Waals surface area contributed by atoms with Crippen LogP contribution < -0.4 is 9.46 Å². The van der Waals surface area contributed by atoms with Crippen molar-refractivity contribution in [3.63, 3.8) is 0 Å². The molecule has 0 radical (unpaired) electrons. The van der Waals surface area contributed by atoms with Gasteiger partial charge in [0.25, 0.3) is 0 Å². The minimum atomic E-state index is -3.49. The lowest BCUT2D eigenvalue weighted by atomic mass is 10.3. The monoisotopic (exact) mass is 364 g/mol. The Morgan fingerprint density at radius 3 is 2.32 bits per heavy atom. The number of ether oxygens (including phenoxy) is 1. The molecule has 0 aliphatic carbocycles. The number of rotatable bonds is 10. The van der Waals surface area contributed by atoms with Crippen molar-refractivity contribution in [2.24, 2.45) is 0 Å². The first-order valence-corrected chi connectivity index (χ1v) is 9.55. The standard InChI is InChI=1S/C18H24N2O4S/c1-20(14-16(21)15-24-17-8-4-2-5-9-17)13-12-19-25(22,23)18-10-6-3-7-11-18/h2-11,16,19,21H,12-15H2,1H3. The highest BCUT2D eigenvalue weighted by Gasteiger charge is 2.14. The molecular weight excluding hydrogens is 340 g/mol. The van der Waals surface area contributed by atoms with Crippen LogP contribution >= 0.6 is 0 Å². The first-order valence-electron chi connectivity index (χ1n) is 8.06. The van der Waals surface area contributed by atoms with E-state index >= 15 is 0 Å². The summed E-state index contributed by atoms with van der Waals surface area (Å²) in [6, 6.07) is 17.5. The molecule has 0 aliphatic heterocycles. The molecule has 136 valence electrons. The first-order chi connectivity index (χ1) is 12.0. The molecule has 2 aromatic carbocycles. The number of para-hydroxylation sites is 1. The summed E-state index contributed by atoms with van der Waals surface area (Å²) in [6.07, 6.45) is -0.657. The van der Waals surface area contributed by atoms with E-state index in [1.807, 2.05) is 42.3 Å². The summed E-state index contributed by atoms with van der Waals surface area (Å²) in [5.41, 5.74) is 0. The maximum Gasteiger partial charge on any atom is 0.240 e. The summed E-state index contributed by atoms with van der Waals surface area (Å²) < 4.78 is 32.2. The fourth-order valence-electron chi connectivity index (χ4n) is 2.27. The maximum atomic E-state index is 12.1. The Kier molecular flexibility index (Phi) is 7.39. The molecule has 0 amide bonds. The van der Waals surface area contributed by atoms with Gasteiger partial charge in [-0.25, -0.2) is 13.1 Å². The van der Waals surface area contributed by atoms with E-state index in [-0.39, 0.29) is 18.0 Å². The lowest BCUT2D eigenvalue weighted by molar-refractivity contribution is 0.0770. The Balaban J connectivity index is 1.69. The Labute approximate surface area is 149 Å². The molecule has 0 saturated carbocycles. The third kappa shape index (κ3) is 6.83. The van der Waals surface area contributed by atoms with E-state index in [1.165, 1.54) is 0 Å². The Bertz CT molecular complexity index is 723. The lowest BCUT2D eigenvalue weighted by Gasteiger charge is -2.21. The molecule has 0 spiro atoms. The van der Waals surface area contributed by atoms with Crippen LogP contribution in [0.2, 0.25) is 0 Å². The molecule has 1 atom stereocenters. The van der Waals surface area contributed by atoms with Crippen molar-refractivity contribution < 1.29 is 18.3 Å². The third-order valence-electron chi connectivity index (χ3n) is 3.55. The summed E-state index contributed by atoms with van der Waals surface area (Å²) in [5, 5.41) is 10.0. The fraction of sp³-hybridized carbons (Fsp3) is 0.333. The van der Waals surface area contributed by atoms with E-state index in [4.69, 9.17) is 4.74 Å². The summed E-state index contributed by atoms with van der Waals surface area (Å²) in [5.74, 6) is 0.708. The SMILES string of the molecule is CN(CCNS(=O)(=O)c1ccccc1)CC(O)COc1ccccc1. The summed E-state index contributed by atoms with van der Waals surface area (Å²) in [6.45, 7) is 1.32. The number of hydrogen-bond acceptors (Lipinski definition) is 5. The molecule has 2 rings (SSSR count). The Morgan fingerprint density at radius 1 is 1.08 bits per heavy atom. The van der Waals surface area contributed by atoms with Crippen LogP contribution in [-0.2, 0) is 10.0 Å². The van der Waals surface area contributed by atoms with Crippen LogP contribution in [0.3, 0.4) is 0 Å². The van der Waals surface area contributed by atoms with Gasteiger partial charge in [0.05, 0.1) is 4.90 Å². The van der Waals surface area contributed by atoms with Gasteiger partial charge in [-0.2, -0.15) is 0 Å². The average molecular weight is 364 g/mol. The molecule has 6 nitrogen and oxygen atoms in total. The second-order valence-electron chi connectivity index (χ2n) is 5.75. The molecule has 0 fully saturated rings. The van der Waals surface area contributed by atoms with Crippen molar-refractivity contribution >= 4 is 10.0 Å². The lowest BCUT2D eigenvalue weighted by Crippen LogP contribution is -2.38. The number of nitrogens with zero attached hydrogens (tertiary/aromatic N) is 1. The third-order valence-corrected chi connectivity index (χ3v) is 5.02. The van der Waals surface area contributed by atoms with Gasteiger partial charge in [-0.3, -0.25) is 0 Å². The van der Waals surface area contributed by atoms with Gasteiger partial charge in [-0.15, -0.1) is 0 Å². The van der Waals surface area contributed by atoms with Crippen LogP contribution in [0.15, 0.2) is 65.6 Å². The molecule has 0 bridgehead atoms. The van der Waals surface area contributed by atoms with Crippen molar-refractivity contribution in [2.75, 3.05) is 33.3 Å². The van der Waals surface area contributed by atoms with Gasteiger partial charge < -0.3 is 14.7 Å². The largest absolute Gasteiger partial charge is 0.491 e. The minimum absolute atomic E-state index is 0.185. The molecule has 7 heteroatoms. The van der Waals surface area contributed by atoms with E-state index in [1.54, 1.807) is 30.3 Å². The van der Waals surface area contributed by atoms with Crippen LogP contribution in [0.1, 0.15) is 0 Å². The Hall–Kier alpha value is -1.93. The number of aliphatic hydroxyl groups excluding tert-OH is 1. The minimum Gasteiger partial charge on any atom is -0.491 e. The molecule has 25 heavy (non-hydrogen) atoms. The smallest absolute Gasteiger partial charge is 0.240 e. The van der Waals surface area contributed by atoms with Crippen molar-refractivity contribution in [1.82, 2.24) is 9.62 Å². The van der Waals surface area contributed by atoms with Crippen LogP contribution in [0.25, 0.3) is 0 Å². The van der Waals surface area contributed by atoms with Crippen molar-refractivity contribution in [3.8, 4) is 5.75 Å². The summed E-state index contributed by atoms with van der Waals surface area (Å²) >= 11 is 0. The molecular formula is C18H24N2O4S. The zero-order valence-corrected chi connectivity index (χ0v) is 15.0. The first kappa shape index (κ1) is 19.4. The highest BCUT2D eigenvalue weighted by molar-refractivity contribution is 7.89. The van der Waals surface area contributed by atoms with Gasteiger partial charge in [0.2, 0.25) is 10.0 Å². The van der Waals surface area contributed by atoms with Gasteiger partial charge in [-0.05, 0) is 31.3 Å². The zero-order chi connectivity index (χ0) is 18.1. The Morgan fingerprint density at radius 2 is 1.68 bits per heavy atom. The van der Waals surface area contributed by atoms with E-state index in [0.717, 1.165) is 0 Å². The topological polar surface area (TPSA) is 78.9 Å². The molecule has 2 aromatic rings. The van der Waals surface area contributed by atoms with Crippen molar-refractivity contribution in [1.29, 1.82) is 0 Å². The molecule has 0 heterocycles. The van der Waals surface area contributed by atoms with Crippen LogP contribution in [0.4, 0.5) is 0 Å². The zero-order valence-electron chi connectivity index (χ0n) is 14.2. The number of aliphatic hydroxyl groups is 1. The maximum absolute atomic E-state index is 12.1. The highest BCUT2D eigenvalue weighted by Crippen LogP contribution is 2.09. The van der Waals surface area contributed by atoms with E-state index in [9.17, 15) is 13.5 Å². The fourth-order valence-corrected chi connectivity index (χ4v) is 3.31. The van der Waals surface area contributed by atoms with Gasteiger partial charge >= 0.3 is 0 Å². The van der Waals surface area contributed by atoms with Crippen LogP contribution in [0.5, 0.6) is 5.75 Å². The molecule has 2 N–H and O–H groups in total. The van der Waals surface area contributed by atoms with E-state index in [2.05, 4.69) is 4.72 Å². The summed E-state index contributed by atoms with van der Waals surface area (Å²) in [7, 11) is -1.67. The molecule has 1 unspecified atom stereocenters. The number of nitrogens with one attached hydrogen (secondary N) is 1. The second kappa shape index (κ2) is 9.53. The molecule has 0 aliphatic rings. The number of hydrogen-bond donors (Lipinski definition) is 2. The normalized spacial score (nSPS) is 12.9. The predicted octanol–water partition coefficient (Wildman–Crippen LogP) is 1.34.